The van der Waals surface area contributed by atoms with E-state index in [1.54, 1.807) is 0 Å². The van der Waals surface area contributed by atoms with E-state index in [1.807, 2.05) is 0 Å². The Morgan fingerprint density at radius 3 is 1.88 bits per heavy atom. The first-order valence-electron chi connectivity index (χ1n) is 7.06. The predicted molar refractivity (Wildman–Crippen MR) is 77.4 cm³/mol. The molecule has 1 atom stereocenters. The van der Waals surface area contributed by atoms with Crippen LogP contribution in [0.15, 0.2) is 0 Å². The summed E-state index contributed by atoms with van der Waals surface area (Å²) in [5, 5.41) is -0.334. The minimum Gasteiger partial charge on any atom is -0.465 e. The molecule has 0 aromatic rings. The lowest BCUT2D eigenvalue weighted by Gasteiger charge is -2.27. The normalized spacial score (nSPS) is 11.5. The van der Waals surface area contributed by atoms with Crippen molar-refractivity contribution in [3.63, 3.8) is 0 Å². The molecule has 0 aliphatic heterocycles. The molecule has 0 saturated carbocycles. The second-order valence-electron chi connectivity index (χ2n) is 4.85. The van der Waals surface area contributed by atoms with E-state index in [9.17, 15) is 4.79 Å². The summed E-state index contributed by atoms with van der Waals surface area (Å²) in [6.07, 6.45) is 8.34. The van der Waals surface area contributed by atoms with E-state index < -0.39 is 0 Å². The van der Waals surface area contributed by atoms with Gasteiger partial charge in [-0.15, -0.1) is 9.24 Å². The Morgan fingerprint density at radius 1 is 1.00 bits per heavy atom. The molecule has 0 aliphatic carbocycles. The molecule has 0 heterocycles. The highest BCUT2D eigenvalue weighted by Gasteiger charge is 2.33. The number of carbonyl (C=O) groups excluding carboxylic acids is 1. The molecule has 0 saturated heterocycles. The largest absolute Gasteiger partial charge is 0.465 e. The van der Waals surface area contributed by atoms with Crippen LogP contribution < -0.4 is 0 Å². The highest BCUT2D eigenvalue weighted by molar-refractivity contribution is 7.21. The number of esters is 1. The number of carbonyl (C=O) groups is 1. The fraction of sp³-hybridized carbons (Fsp3) is 0.929. The summed E-state index contributed by atoms with van der Waals surface area (Å²) < 4.78 is 5.38. The molecule has 0 bridgehead atoms. The summed E-state index contributed by atoms with van der Waals surface area (Å²) in [6, 6.07) is 0. The predicted octanol–water partition coefficient (Wildman–Crippen LogP) is 4.32. The molecule has 0 fully saturated rings. The highest BCUT2D eigenvalue weighted by atomic mass is 31.0. The summed E-state index contributed by atoms with van der Waals surface area (Å²) in [4.78, 5) is 12.1. The molecular weight excluding hydrogens is 231 g/mol. The third-order valence-corrected chi connectivity index (χ3v) is 3.90. The van der Waals surface area contributed by atoms with Gasteiger partial charge in [-0.1, -0.05) is 52.9 Å². The van der Waals surface area contributed by atoms with Gasteiger partial charge in [-0.2, -0.15) is 0 Å². The Kier molecular flexibility index (Phi) is 9.82. The smallest absolute Gasteiger partial charge is 0.315 e. The zero-order chi connectivity index (χ0) is 13.1. The van der Waals surface area contributed by atoms with Crippen molar-refractivity contribution in [2.24, 2.45) is 0 Å². The van der Waals surface area contributed by atoms with E-state index in [0.29, 0.717) is 6.61 Å². The molecular formula is C14H29O2P. The minimum atomic E-state index is -0.334. The van der Waals surface area contributed by atoms with Crippen LogP contribution in [0.25, 0.3) is 0 Å². The van der Waals surface area contributed by atoms with Gasteiger partial charge in [0.2, 0.25) is 0 Å². The van der Waals surface area contributed by atoms with Crippen LogP contribution in [0.5, 0.6) is 0 Å². The van der Waals surface area contributed by atoms with E-state index in [2.05, 4.69) is 30.0 Å². The van der Waals surface area contributed by atoms with Gasteiger partial charge in [-0.3, -0.25) is 4.79 Å². The van der Waals surface area contributed by atoms with Crippen molar-refractivity contribution >= 4 is 15.2 Å². The van der Waals surface area contributed by atoms with E-state index in [0.717, 1.165) is 51.4 Å². The van der Waals surface area contributed by atoms with Gasteiger partial charge in [0.1, 0.15) is 0 Å². The molecule has 0 aromatic heterocycles. The summed E-state index contributed by atoms with van der Waals surface area (Å²) in [6.45, 7) is 7.00. The van der Waals surface area contributed by atoms with Gasteiger partial charge in [0, 0.05) is 0 Å². The average Bonchev–Trinajstić information content (AvgIpc) is 2.34. The van der Waals surface area contributed by atoms with Gasteiger partial charge >= 0.3 is 5.97 Å². The lowest BCUT2D eigenvalue weighted by molar-refractivity contribution is -0.147. The molecule has 102 valence electrons. The molecule has 1 unspecified atom stereocenters. The van der Waals surface area contributed by atoms with Crippen molar-refractivity contribution in [1.29, 1.82) is 0 Å². The Morgan fingerprint density at radius 2 is 1.47 bits per heavy atom. The van der Waals surface area contributed by atoms with Crippen LogP contribution in [0.1, 0.15) is 72.1 Å². The Balaban J connectivity index is 4.26. The van der Waals surface area contributed by atoms with Crippen molar-refractivity contribution in [2.75, 3.05) is 6.61 Å². The van der Waals surface area contributed by atoms with Crippen molar-refractivity contribution in [3.05, 3.63) is 0 Å². The standard InChI is InChI=1S/C14H29O2P/c1-4-7-10-14(17,11-8-5-2)13(15)16-12-9-6-3/h4-12,17H2,1-3H3. The van der Waals surface area contributed by atoms with E-state index in [1.165, 1.54) is 0 Å². The number of rotatable bonds is 10. The van der Waals surface area contributed by atoms with Crippen LogP contribution in [-0.4, -0.2) is 17.7 Å². The molecule has 0 spiro atoms. The third-order valence-electron chi connectivity index (χ3n) is 3.09. The zero-order valence-electron chi connectivity index (χ0n) is 11.8. The lowest BCUT2D eigenvalue weighted by Crippen LogP contribution is -2.34. The monoisotopic (exact) mass is 260 g/mol. The maximum Gasteiger partial charge on any atom is 0.315 e. The van der Waals surface area contributed by atoms with Crippen LogP contribution >= 0.6 is 9.24 Å². The van der Waals surface area contributed by atoms with Gasteiger partial charge < -0.3 is 4.74 Å². The van der Waals surface area contributed by atoms with Crippen molar-refractivity contribution < 1.29 is 9.53 Å². The first-order valence-corrected chi connectivity index (χ1v) is 7.64. The molecule has 17 heavy (non-hydrogen) atoms. The maximum atomic E-state index is 12.1. The first kappa shape index (κ1) is 16.9. The highest BCUT2D eigenvalue weighted by Crippen LogP contribution is 2.32. The average molecular weight is 260 g/mol. The first-order chi connectivity index (χ1) is 8.10. The molecule has 0 aromatic carbocycles. The summed E-state index contributed by atoms with van der Waals surface area (Å²) in [7, 11) is 2.77. The quantitative estimate of drug-likeness (QED) is 0.332. The van der Waals surface area contributed by atoms with Crippen LogP contribution in [0, 0.1) is 0 Å². The molecule has 0 rings (SSSR count). The van der Waals surface area contributed by atoms with Gasteiger partial charge in [0.25, 0.3) is 0 Å². The van der Waals surface area contributed by atoms with Gasteiger partial charge in [0.05, 0.1) is 11.8 Å². The van der Waals surface area contributed by atoms with Crippen LogP contribution in [0.3, 0.4) is 0 Å². The van der Waals surface area contributed by atoms with E-state index >= 15 is 0 Å². The van der Waals surface area contributed by atoms with Crippen LogP contribution in [0.2, 0.25) is 0 Å². The van der Waals surface area contributed by atoms with Crippen molar-refractivity contribution in [3.8, 4) is 0 Å². The maximum absolute atomic E-state index is 12.1. The van der Waals surface area contributed by atoms with Crippen molar-refractivity contribution in [2.45, 2.75) is 77.3 Å². The Hall–Kier alpha value is -0.100. The number of hydrogen-bond acceptors (Lipinski definition) is 2. The number of ether oxygens (including phenoxy) is 1. The number of hydrogen-bond donors (Lipinski definition) is 0. The number of unbranched alkanes of at least 4 members (excludes halogenated alkanes) is 3. The molecule has 2 nitrogen and oxygen atoms in total. The Labute approximate surface area is 109 Å². The van der Waals surface area contributed by atoms with E-state index in [-0.39, 0.29) is 11.1 Å². The molecule has 0 amide bonds. The van der Waals surface area contributed by atoms with Gasteiger partial charge in [-0.05, 0) is 19.3 Å². The second-order valence-corrected chi connectivity index (χ2v) is 5.96. The minimum absolute atomic E-state index is 0.0159. The fourth-order valence-corrected chi connectivity index (χ4v) is 2.26. The van der Waals surface area contributed by atoms with Gasteiger partial charge in [-0.25, -0.2) is 0 Å². The van der Waals surface area contributed by atoms with Crippen LogP contribution in [-0.2, 0) is 9.53 Å². The fourth-order valence-electron chi connectivity index (χ4n) is 1.77. The molecule has 0 N–H and O–H groups in total. The Bertz CT molecular complexity index is 196. The molecule has 3 heteroatoms. The van der Waals surface area contributed by atoms with E-state index in [4.69, 9.17) is 4.74 Å². The molecule has 0 radical (unpaired) electrons. The molecule has 0 aliphatic rings. The second kappa shape index (κ2) is 9.88. The third kappa shape index (κ3) is 7.03. The van der Waals surface area contributed by atoms with Crippen LogP contribution in [0.4, 0.5) is 0 Å². The zero-order valence-corrected chi connectivity index (χ0v) is 12.9. The van der Waals surface area contributed by atoms with Crippen molar-refractivity contribution in [1.82, 2.24) is 0 Å². The topological polar surface area (TPSA) is 26.3 Å². The summed E-state index contributed by atoms with van der Waals surface area (Å²) in [5.74, 6) is -0.0159. The summed E-state index contributed by atoms with van der Waals surface area (Å²) >= 11 is 0. The SMILES string of the molecule is CCCCOC(=O)C(P)(CCCC)CCCC. The summed E-state index contributed by atoms with van der Waals surface area (Å²) in [5.41, 5.74) is 0. The van der Waals surface area contributed by atoms with Gasteiger partial charge in [0.15, 0.2) is 0 Å². The lowest BCUT2D eigenvalue weighted by atomic mass is 9.95.